The van der Waals surface area contributed by atoms with E-state index in [1.54, 1.807) is 18.2 Å². The van der Waals surface area contributed by atoms with Crippen LogP contribution in [0.2, 0.25) is 0 Å². The van der Waals surface area contributed by atoms with Crippen molar-refractivity contribution in [3.05, 3.63) is 53.6 Å². The largest absolute Gasteiger partial charge is 0.322 e. The van der Waals surface area contributed by atoms with Crippen LogP contribution in [0.4, 0.5) is 5.69 Å². The molecular formula is C15H12N2O2S. The van der Waals surface area contributed by atoms with Gasteiger partial charge < -0.3 is 5.32 Å². The summed E-state index contributed by atoms with van der Waals surface area (Å²) < 4.78 is 0. The first kappa shape index (κ1) is 12.9. The second-order valence-corrected chi connectivity index (χ2v) is 5.91. The van der Waals surface area contributed by atoms with Gasteiger partial charge in [-0.1, -0.05) is 36.0 Å². The monoisotopic (exact) mass is 284 g/mol. The number of rotatable bonds is 2. The SMILES string of the molecule is CC1C=C2C=C(C(=O)Nc3ccccc3)C(=O)N=C2S1. The Morgan fingerprint density at radius 2 is 2.05 bits per heavy atom. The molecule has 2 heterocycles. The van der Waals surface area contributed by atoms with Crippen molar-refractivity contribution in [1.29, 1.82) is 0 Å². The number of carbonyl (C=O) groups excluding carboxylic acids is 2. The number of anilines is 1. The summed E-state index contributed by atoms with van der Waals surface area (Å²) in [4.78, 5) is 28.0. The third kappa shape index (κ3) is 2.44. The highest BCUT2D eigenvalue weighted by atomic mass is 32.2. The minimum Gasteiger partial charge on any atom is -0.322 e. The van der Waals surface area contributed by atoms with E-state index in [-0.39, 0.29) is 10.8 Å². The van der Waals surface area contributed by atoms with Crippen molar-refractivity contribution >= 4 is 34.3 Å². The number of aliphatic imine (C=N–C) groups is 1. The Hall–Kier alpha value is -2.14. The number of hydrogen-bond donors (Lipinski definition) is 1. The number of fused-ring (bicyclic) bond motifs is 1. The number of nitrogens with zero attached hydrogens (tertiary/aromatic N) is 1. The molecule has 2 amide bonds. The molecule has 0 saturated heterocycles. The van der Waals surface area contributed by atoms with Crippen molar-refractivity contribution < 1.29 is 9.59 Å². The first-order valence-electron chi connectivity index (χ1n) is 6.23. The van der Waals surface area contributed by atoms with Gasteiger partial charge in [0.25, 0.3) is 11.8 Å². The number of benzene rings is 1. The molecule has 0 saturated carbocycles. The van der Waals surface area contributed by atoms with E-state index in [9.17, 15) is 9.59 Å². The van der Waals surface area contributed by atoms with Crippen LogP contribution in [0, 0.1) is 0 Å². The van der Waals surface area contributed by atoms with Crippen LogP contribution in [-0.4, -0.2) is 22.1 Å². The van der Waals surface area contributed by atoms with Gasteiger partial charge in [0.15, 0.2) is 0 Å². The normalized spacial score (nSPS) is 20.8. The van der Waals surface area contributed by atoms with Crippen LogP contribution in [0.15, 0.2) is 58.6 Å². The molecule has 0 bridgehead atoms. The Morgan fingerprint density at radius 3 is 2.80 bits per heavy atom. The van der Waals surface area contributed by atoms with Crippen molar-refractivity contribution in [2.24, 2.45) is 4.99 Å². The standard InChI is InChI=1S/C15H12N2O2S/c1-9-7-10-8-12(14(19)17-15(10)20-9)13(18)16-11-5-3-2-4-6-11/h2-9H,1H3,(H,16,18). The summed E-state index contributed by atoms with van der Waals surface area (Å²) in [6.07, 6.45) is 3.63. The fourth-order valence-corrected chi connectivity index (χ4v) is 3.02. The highest BCUT2D eigenvalue weighted by Crippen LogP contribution is 2.32. The van der Waals surface area contributed by atoms with Crippen molar-refractivity contribution in [3.63, 3.8) is 0 Å². The molecule has 5 heteroatoms. The molecule has 2 aliphatic heterocycles. The van der Waals surface area contributed by atoms with Gasteiger partial charge in [0.05, 0.1) is 0 Å². The number of nitrogens with one attached hydrogen (secondary N) is 1. The Bertz CT molecular complexity index is 674. The predicted octanol–water partition coefficient (Wildman–Crippen LogP) is 2.55. The van der Waals surface area contributed by atoms with Gasteiger partial charge in [0, 0.05) is 16.5 Å². The van der Waals surface area contributed by atoms with Crippen molar-refractivity contribution in [2.75, 3.05) is 5.32 Å². The number of dihydropyridines is 1. The summed E-state index contributed by atoms with van der Waals surface area (Å²) >= 11 is 1.53. The van der Waals surface area contributed by atoms with Gasteiger partial charge in [0.1, 0.15) is 10.6 Å². The van der Waals surface area contributed by atoms with Gasteiger partial charge >= 0.3 is 0 Å². The molecule has 2 aliphatic rings. The van der Waals surface area contributed by atoms with E-state index in [0.717, 1.165) is 5.57 Å². The molecule has 1 unspecified atom stereocenters. The minimum absolute atomic E-state index is 0.0820. The first-order chi connectivity index (χ1) is 9.63. The van der Waals surface area contributed by atoms with E-state index in [1.165, 1.54) is 11.8 Å². The topological polar surface area (TPSA) is 58.5 Å². The quantitative estimate of drug-likeness (QED) is 0.849. The number of hydrogen-bond acceptors (Lipinski definition) is 3. The molecule has 100 valence electrons. The first-order valence-corrected chi connectivity index (χ1v) is 7.11. The molecule has 20 heavy (non-hydrogen) atoms. The third-order valence-electron chi connectivity index (χ3n) is 2.97. The van der Waals surface area contributed by atoms with Gasteiger partial charge in [-0.05, 0) is 25.1 Å². The minimum atomic E-state index is -0.479. The Kier molecular flexibility index (Phi) is 3.28. The molecule has 3 rings (SSSR count). The van der Waals surface area contributed by atoms with Gasteiger partial charge in [-0.2, -0.15) is 0 Å². The van der Waals surface area contributed by atoms with Crippen LogP contribution in [0.25, 0.3) is 0 Å². The van der Waals surface area contributed by atoms with E-state index in [2.05, 4.69) is 10.3 Å². The van der Waals surface area contributed by atoms with E-state index in [0.29, 0.717) is 10.7 Å². The maximum atomic E-state index is 12.1. The summed E-state index contributed by atoms with van der Waals surface area (Å²) in [6, 6.07) is 9.04. The number of allylic oxidation sites excluding steroid dienone is 1. The molecule has 4 nitrogen and oxygen atoms in total. The second-order valence-electron chi connectivity index (χ2n) is 4.55. The Labute approximate surface area is 120 Å². The third-order valence-corrected chi connectivity index (χ3v) is 4.03. The van der Waals surface area contributed by atoms with Gasteiger partial charge in [-0.3, -0.25) is 9.59 Å². The maximum Gasteiger partial charge on any atom is 0.283 e. The van der Waals surface area contributed by atoms with Crippen molar-refractivity contribution in [3.8, 4) is 0 Å². The number of para-hydroxylation sites is 1. The fourth-order valence-electron chi connectivity index (χ4n) is 2.06. The molecule has 1 aromatic carbocycles. The van der Waals surface area contributed by atoms with Crippen molar-refractivity contribution in [2.45, 2.75) is 12.2 Å². The number of carbonyl (C=O) groups is 2. The average molecular weight is 284 g/mol. The summed E-state index contributed by atoms with van der Waals surface area (Å²) in [6.45, 7) is 2.03. The van der Waals surface area contributed by atoms with Gasteiger partial charge in [-0.15, -0.1) is 0 Å². The molecule has 0 spiro atoms. The predicted molar refractivity (Wildman–Crippen MR) is 80.7 cm³/mol. The average Bonchev–Trinajstić information content (AvgIpc) is 2.78. The zero-order valence-electron chi connectivity index (χ0n) is 10.8. The molecule has 1 aromatic rings. The molecule has 0 aromatic heterocycles. The van der Waals surface area contributed by atoms with E-state index < -0.39 is 11.8 Å². The summed E-state index contributed by atoms with van der Waals surface area (Å²) in [5.41, 5.74) is 1.60. The Balaban J connectivity index is 1.84. The summed E-state index contributed by atoms with van der Waals surface area (Å²) in [5, 5.41) is 3.69. The fraction of sp³-hybridized carbons (Fsp3) is 0.133. The second kappa shape index (κ2) is 5.09. The lowest BCUT2D eigenvalue weighted by atomic mass is 10.1. The lowest BCUT2D eigenvalue weighted by Gasteiger charge is -2.11. The smallest absolute Gasteiger partial charge is 0.283 e. The van der Waals surface area contributed by atoms with Gasteiger partial charge in [-0.25, -0.2) is 4.99 Å². The molecule has 1 N–H and O–H groups in total. The van der Waals surface area contributed by atoms with Crippen LogP contribution in [0.1, 0.15) is 6.92 Å². The van der Waals surface area contributed by atoms with Crippen LogP contribution in [-0.2, 0) is 9.59 Å². The maximum absolute atomic E-state index is 12.1. The molecule has 0 aliphatic carbocycles. The molecule has 1 atom stereocenters. The zero-order chi connectivity index (χ0) is 14.1. The lowest BCUT2D eigenvalue weighted by Crippen LogP contribution is -2.22. The lowest BCUT2D eigenvalue weighted by molar-refractivity contribution is -0.119. The van der Waals surface area contributed by atoms with E-state index >= 15 is 0 Å². The van der Waals surface area contributed by atoms with Crippen LogP contribution < -0.4 is 5.32 Å². The molecular weight excluding hydrogens is 272 g/mol. The molecule has 0 radical (unpaired) electrons. The van der Waals surface area contributed by atoms with Crippen LogP contribution in [0.3, 0.4) is 0 Å². The zero-order valence-corrected chi connectivity index (χ0v) is 11.6. The number of thioether (sulfide) groups is 1. The number of amides is 2. The van der Waals surface area contributed by atoms with Gasteiger partial charge in [0.2, 0.25) is 0 Å². The Morgan fingerprint density at radius 1 is 1.30 bits per heavy atom. The van der Waals surface area contributed by atoms with Crippen molar-refractivity contribution in [1.82, 2.24) is 0 Å². The summed E-state index contributed by atoms with van der Waals surface area (Å²) in [7, 11) is 0. The van der Waals surface area contributed by atoms with Crippen LogP contribution >= 0.6 is 11.8 Å². The van der Waals surface area contributed by atoms with Crippen LogP contribution in [0.5, 0.6) is 0 Å². The highest BCUT2D eigenvalue weighted by molar-refractivity contribution is 8.15. The van der Waals surface area contributed by atoms with E-state index in [1.807, 2.05) is 31.2 Å². The highest BCUT2D eigenvalue weighted by Gasteiger charge is 2.28. The van der Waals surface area contributed by atoms with E-state index in [4.69, 9.17) is 0 Å². The summed E-state index contributed by atoms with van der Waals surface area (Å²) in [5.74, 6) is -0.901. The molecule has 0 fully saturated rings.